The van der Waals surface area contributed by atoms with Crippen LogP contribution < -0.4 is 10.5 Å². The molecule has 0 spiro atoms. The van der Waals surface area contributed by atoms with E-state index in [4.69, 9.17) is 5.73 Å². The quantitative estimate of drug-likeness (QED) is 0.781. The van der Waals surface area contributed by atoms with Gasteiger partial charge in [-0.3, -0.25) is 0 Å². The summed E-state index contributed by atoms with van der Waals surface area (Å²) in [5.74, 6) is 6.35. The summed E-state index contributed by atoms with van der Waals surface area (Å²) in [6.45, 7) is 4.00. The van der Waals surface area contributed by atoms with Crippen molar-refractivity contribution in [2.45, 2.75) is 31.2 Å². The SMILES string of the molecule is CCC(CSC)NS(=O)(=O)c1cc(C#CCN)ccc1C. The van der Waals surface area contributed by atoms with Crippen molar-refractivity contribution < 1.29 is 8.42 Å². The zero-order valence-electron chi connectivity index (χ0n) is 12.6. The lowest BCUT2D eigenvalue weighted by atomic mass is 10.1. The Balaban J connectivity index is 3.12. The van der Waals surface area contributed by atoms with E-state index in [1.54, 1.807) is 36.9 Å². The summed E-state index contributed by atoms with van der Waals surface area (Å²) in [5, 5.41) is 0. The van der Waals surface area contributed by atoms with Crippen LogP contribution in [-0.4, -0.2) is 33.0 Å². The third-order valence-corrected chi connectivity index (χ3v) is 5.39. The molecule has 0 saturated heterocycles. The molecule has 0 saturated carbocycles. The molecule has 0 heterocycles. The molecule has 0 amide bonds. The number of thioether (sulfide) groups is 1. The van der Waals surface area contributed by atoms with E-state index in [0.717, 1.165) is 12.2 Å². The Morgan fingerprint density at radius 3 is 2.71 bits per heavy atom. The number of rotatable bonds is 6. The Bertz CT molecular complexity index is 631. The van der Waals surface area contributed by atoms with Crippen molar-refractivity contribution in [3.8, 4) is 11.8 Å². The highest BCUT2D eigenvalue weighted by Gasteiger charge is 2.20. The van der Waals surface area contributed by atoms with E-state index < -0.39 is 10.0 Å². The highest BCUT2D eigenvalue weighted by molar-refractivity contribution is 7.98. The third kappa shape index (κ3) is 5.36. The van der Waals surface area contributed by atoms with Gasteiger partial charge in [0.2, 0.25) is 10.0 Å². The van der Waals surface area contributed by atoms with Gasteiger partial charge in [-0.2, -0.15) is 11.8 Å². The predicted octanol–water partition coefficient (Wildman–Crippen LogP) is 1.73. The van der Waals surface area contributed by atoms with Gasteiger partial charge in [0.25, 0.3) is 0 Å². The van der Waals surface area contributed by atoms with Crippen LogP contribution in [0.3, 0.4) is 0 Å². The van der Waals surface area contributed by atoms with E-state index in [0.29, 0.717) is 11.1 Å². The summed E-state index contributed by atoms with van der Waals surface area (Å²) in [4.78, 5) is 0.283. The van der Waals surface area contributed by atoms with Gasteiger partial charge in [0.15, 0.2) is 0 Å². The topological polar surface area (TPSA) is 72.2 Å². The molecule has 1 unspecified atom stereocenters. The van der Waals surface area contributed by atoms with Crippen LogP contribution in [0.25, 0.3) is 0 Å². The standard InChI is InChI=1S/C15H22N2O2S2/c1-4-14(11-20-3)17-21(18,19)15-10-13(6-5-9-16)8-7-12(15)2/h7-8,10,14,17H,4,9,11,16H2,1-3H3. The minimum Gasteiger partial charge on any atom is -0.320 e. The van der Waals surface area contributed by atoms with Gasteiger partial charge < -0.3 is 5.73 Å². The zero-order chi connectivity index (χ0) is 15.9. The summed E-state index contributed by atoms with van der Waals surface area (Å²) >= 11 is 1.63. The molecule has 0 aliphatic carbocycles. The fourth-order valence-electron chi connectivity index (χ4n) is 1.84. The van der Waals surface area contributed by atoms with Gasteiger partial charge in [-0.1, -0.05) is 24.8 Å². The number of hydrogen-bond donors (Lipinski definition) is 2. The lowest BCUT2D eigenvalue weighted by Crippen LogP contribution is -2.36. The number of sulfonamides is 1. The molecular weight excluding hydrogens is 304 g/mol. The fourth-order valence-corrected chi connectivity index (χ4v) is 4.26. The van der Waals surface area contributed by atoms with Crippen molar-refractivity contribution in [1.82, 2.24) is 4.72 Å². The van der Waals surface area contributed by atoms with Gasteiger partial charge in [-0.05, 0) is 37.3 Å². The predicted molar refractivity (Wildman–Crippen MR) is 89.9 cm³/mol. The van der Waals surface area contributed by atoms with Gasteiger partial charge in [-0.15, -0.1) is 0 Å². The average molecular weight is 326 g/mol. The maximum Gasteiger partial charge on any atom is 0.241 e. The second kappa shape index (κ2) is 8.44. The molecule has 4 nitrogen and oxygen atoms in total. The molecule has 1 aromatic carbocycles. The fraction of sp³-hybridized carbons (Fsp3) is 0.467. The summed E-state index contributed by atoms with van der Waals surface area (Å²) in [7, 11) is -3.53. The Morgan fingerprint density at radius 1 is 1.43 bits per heavy atom. The first kappa shape index (κ1) is 18.1. The summed E-state index contributed by atoms with van der Waals surface area (Å²) in [5.41, 5.74) is 6.71. The molecule has 21 heavy (non-hydrogen) atoms. The molecule has 1 atom stereocenters. The minimum absolute atomic E-state index is 0.0665. The highest BCUT2D eigenvalue weighted by atomic mass is 32.2. The molecule has 0 bridgehead atoms. The second-order valence-electron chi connectivity index (χ2n) is 4.67. The first-order valence-electron chi connectivity index (χ1n) is 6.75. The van der Waals surface area contributed by atoms with Crippen LogP contribution in [0.15, 0.2) is 23.1 Å². The lowest BCUT2D eigenvalue weighted by Gasteiger charge is -2.17. The normalized spacial score (nSPS) is 12.6. The van der Waals surface area contributed by atoms with Crippen LogP contribution in [0.2, 0.25) is 0 Å². The van der Waals surface area contributed by atoms with Crippen molar-refractivity contribution in [2.24, 2.45) is 5.73 Å². The van der Waals surface area contributed by atoms with Crippen molar-refractivity contribution in [3.63, 3.8) is 0 Å². The van der Waals surface area contributed by atoms with Crippen molar-refractivity contribution in [1.29, 1.82) is 0 Å². The van der Waals surface area contributed by atoms with E-state index in [1.165, 1.54) is 0 Å². The summed E-state index contributed by atoms with van der Waals surface area (Å²) in [6, 6.07) is 5.11. The van der Waals surface area contributed by atoms with Crippen LogP contribution >= 0.6 is 11.8 Å². The van der Waals surface area contributed by atoms with Crippen LogP contribution in [0.5, 0.6) is 0 Å². The van der Waals surface area contributed by atoms with E-state index >= 15 is 0 Å². The molecule has 1 aromatic rings. The number of hydrogen-bond acceptors (Lipinski definition) is 4. The molecule has 0 aromatic heterocycles. The van der Waals surface area contributed by atoms with Crippen LogP contribution in [0.4, 0.5) is 0 Å². The lowest BCUT2D eigenvalue weighted by molar-refractivity contribution is 0.557. The molecule has 0 fully saturated rings. The number of nitrogens with two attached hydrogens (primary N) is 1. The maximum absolute atomic E-state index is 12.5. The first-order valence-corrected chi connectivity index (χ1v) is 9.63. The van der Waals surface area contributed by atoms with Gasteiger partial charge in [-0.25, -0.2) is 13.1 Å². The first-order chi connectivity index (χ1) is 9.94. The van der Waals surface area contributed by atoms with Gasteiger partial charge >= 0.3 is 0 Å². The Hall–Kier alpha value is -1.00. The van der Waals surface area contributed by atoms with E-state index in [-0.39, 0.29) is 17.5 Å². The number of benzene rings is 1. The Morgan fingerprint density at radius 2 is 2.14 bits per heavy atom. The Labute approximate surface area is 131 Å². The van der Waals surface area contributed by atoms with Gasteiger partial charge in [0, 0.05) is 17.4 Å². The van der Waals surface area contributed by atoms with Crippen LogP contribution in [0, 0.1) is 18.8 Å². The second-order valence-corrected chi connectivity index (χ2v) is 7.26. The van der Waals surface area contributed by atoms with Crippen molar-refractivity contribution in [2.75, 3.05) is 18.6 Å². The maximum atomic E-state index is 12.5. The average Bonchev–Trinajstić information content (AvgIpc) is 2.45. The highest BCUT2D eigenvalue weighted by Crippen LogP contribution is 2.18. The molecule has 0 radical (unpaired) electrons. The molecule has 0 aliphatic rings. The molecule has 116 valence electrons. The third-order valence-electron chi connectivity index (χ3n) is 2.99. The molecular formula is C15H22N2O2S2. The molecule has 6 heteroatoms. The molecule has 1 rings (SSSR count). The van der Waals surface area contributed by atoms with Crippen LogP contribution in [-0.2, 0) is 10.0 Å². The smallest absolute Gasteiger partial charge is 0.241 e. The summed E-state index contributed by atoms with van der Waals surface area (Å²) < 4.78 is 27.8. The van der Waals surface area contributed by atoms with E-state index in [9.17, 15) is 8.42 Å². The number of aryl methyl sites for hydroxylation is 1. The number of nitrogens with one attached hydrogen (secondary N) is 1. The Kier molecular flexibility index (Phi) is 7.26. The van der Waals surface area contributed by atoms with E-state index in [1.807, 2.05) is 13.2 Å². The van der Waals surface area contributed by atoms with Gasteiger partial charge in [0.05, 0.1) is 11.4 Å². The zero-order valence-corrected chi connectivity index (χ0v) is 14.3. The monoisotopic (exact) mass is 326 g/mol. The van der Waals surface area contributed by atoms with E-state index in [2.05, 4.69) is 16.6 Å². The molecule has 3 N–H and O–H groups in total. The largest absolute Gasteiger partial charge is 0.320 e. The summed E-state index contributed by atoms with van der Waals surface area (Å²) in [6.07, 6.45) is 2.72. The van der Waals surface area contributed by atoms with Crippen molar-refractivity contribution >= 4 is 21.8 Å². The minimum atomic E-state index is -3.53. The van der Waals surface area contributed by atoms with Gasteiger partial charge in [0.1, 0.15) is 0 Å². The molecule has 0 aliphatic heterocycles. The van der Waals surface area contributed by atoms with Crippen LogP contribution in [0.1, 0.15) is 24.5 Å². The van der Waals surface area contributed by atoms with Crippen molar-refractivity contribution in [3.05, 3.63) is 29.3 Å².